The first-order chi connectivity index (χ1) is 14.0. The molecule has 0 aromatic heterocycles. The van der Waals surface area contributed by atoms with E-state index in [-0.39, 0.29) is 0 Å². The number of methoxy groups -OCH3 is 1. The van der Waals surface area contributed by atoms with Crippen molar-refractivity contribution in [1.29, 1.82) is 0 Å². The maximum Gasteiger partial charge on any atom is 0.124 e. The minimum absolute atomic E-state index is 0.383. The Balaban J connectivity index is 1.98. The third-order valence-corrected chi connectivity index (χ3v) is 5.88. The lowest BCUT2D eigenvalue weighted by atomic mass is 9.97. The van der Waals surface area contributed by atoms with Crippen LogP contribution >= 0.6 is 23.2 Å². The standard InChI is InChI=1S/C25H34Cl2O2/c1-18(2)6-5-7-19(3)12-13-29-22-10-8-21(9-11-22)23-14-20(16-26)15-25(28-4)24(23)17-27/h8-11,14-15,18-19H,5-7,12-13,16-17H2,1-4H3. The molecule has 2 aromatic rings. The topological polar surface area (TPSA) is 18.5 Å². The van der Waals surface area contributed by atoms with E-state index in [1.165, 1.54) is 19.3 Å². The molecule has 0 saturated heterocycles. The van der Waals surface area contributed by atoms with Crippen LogP contribution in [0.5, 0.6) is 11.5 Å². The molecule has 1 unspecified atom stereocenters. The molecule has 0 aliphatic carbocycles. The monoisotopic (exact) mass is 436 g/mol. The van der Waals surface area contributed by atoms with Gasteiger partial charge in [-0.1, -0.05) is 52.2 Å². The lowest BCUT2D eigenvalue weighted by Crippen LogP contribution is -2.04. The molecule has 0 fully saturated rings. The molecule has 0 N–H and O–H groups in total. The van der Waals surface area contributed by atoms with E-state index < -0.39 is 0 Å². The van der Waals surface area contributed by atoms with Gasteiger partial charge in [0.15, 0.2) is 0 Å². The van der Waals surface area contributed by atoms with E-state index in [1.54, 1.807) is 7.11 Å². The SMILES string of the molecule is COc1cc(CCl)cc(-c2ccc(OCCC(C)CCCC(C)C)cc2)c1CCl. The summed E-state index contributed by atoms with van der Waals surface area (Å²) >= 11 is 12.3. The summed E-state index contributed by atoms with van der Waals surface area (Å²) < 4.78 is 11.5. The van der Waals surface area contributed by atoms with Gasteiger partial charge in [0.2, 0.25) is 0 Å². The first kappa shape index (κ1) is 23.9. The Kier molecular flexibility index (Phi) is 10.2. The molecule has 2 aromatic carbocycles. The van der Waals surface area contributed by atoms with Gasteiger partial charge < -0.3 is 9.47 Å². The smallest absolute Gasteiger partial charge is 0.124 e. The van der Waals surface area contributed by atoms with Crippen molar-refractivity contribution in [2.75, 3.05) is 13.7 Å². The van der Waals surface area contributed by atoms with Crippen molar-refractivity contribution in [3.63, 3.8) is 0 Å². The molecule has 4 heteroatoms. The second-order valence-corrected chi connectivity index (χ2v) is 8.72. The Morgan fingerprint density at radius 3 is 2.21 bits per heavy atom. The van der Waals surface area contributed by atoms with Gasteiger partial charge in [-0.15, -0.1) is 23.2 Å². The zero-order chi connectivity index (χ0) is 21.2. The van der Waals surface area contributed by atoms with E-state index in [1.807, 2.05) is 18.2 Å². The van der Waals surface area contributed by atoms with Crippen LogP contribution in [0.3, 0.4) is 0 Å². The maximum absolute atomic E-state index is 6.21. The molecule has 2 nitrogen and oxygen atoms in total. The van der Waals surface area contributed by atoms with Gasteiger partial charge in [0.25, 0.3) is 0 Å². The van der Waals surface area contributed by atoms with Crippen LogP contribution in [0.4, 0.5) is 0 Å². The van der Waals surface area contributed by atoms with Crippen LogP contribution in [-0.4, -0.2) is 13.7 Å². The molecular formula is C25H34Cl2O2. The number of alkyl halides is 2. The fourth-order valence-corrected chi connectivity index (χ4v) is 3.91. The Hall–Kier alpha value is -1.38. The third kappa shape index (κ3) is 7.42. The summed E-state index contributed by atoms with van der Waals surface area (Å²) in [6.45, 7) is 7.65. The van der Waals surface area contributed by atoms with Crippen molar-refractivity contribution in [2.24, 2.45) is 11.8 Å². The molecular weight excluding hydrogens is 403 g/mol. The van der Waals surface area contributed by atoms with Gasteiger partial charge in [-0.05, 0) is 59.2 Å². The Morgan fingerprint density at radius 2 is 1.62 bits per heavy atom. The van der Waals surface area contributed by atoms with Crippen LogP contribution < -0.4 is 9.47 Å². The quantitative estimate of drug-likeness (QED) is 0.313. The summed E-state index contributed by atoms with van der Waals surface area (Å²) in [7, 11) is 1.66. The van der Waals surface area contributed by atoms with E-state index in [9.17, 15) is 0 Å². The molecule has 0 aliphatic heterocycles. The first-order valence-electron chi connectivity index (χ1n) is 10.5. The normalized spacial score (nSPS) is 12.2. The number of ether oxygens (including phenoxy) is 2. The highest BCUT2D eigenvalue weighted by Gasteiger charge is 2.13. The van der Waals surface area contributed by atoms with Crippen LogP contribution in [0.1, 0.15) is 57.6 Å². The van der Waals surface area contributed by atoms with E-state index in [0.717, 1.165) is 52.7 Å². The van der Waals surface area contributed by atoms with Crippen LogP contribution in [0, 0.1) is 11.8 Å². The average molecular weight is 437 g/mol. The van der Waals surface area contributed by atoms with Crippen molar-refractivity contribution in [3.05, 3.63) is 47.5 Å². The summed E-state index contributed by atoms with van der Waals surface area (Å²) in [5.74, 6) is 3.98. The van der Waals surface area contributed by atoms with Crippen molar-refractivity contribution in [1.82, 2.24) is 0 Å². The number of halogens is 2. The molecule has 0 radical (unpaired) electrons. The third-order valence-electron chi connectivity index (χ3n) is 5.30. The van der Waals surface area contributed by atoms with Crippen LogP contribution in [0.25, 0.3) is 11.1 Å². The van der Waals surface area contributed by atoms with Gasteiger partial charge in [0, 0.05) is 11.4 Å². The number of rotatable bonds is 12. The summed E-state index contributed by atoms with van der Waals surface area (Å²) in [6, 6.07) is 12.2. The van der Waals surface area contributed by atoms with Gasteiger partial charge in [0.1, 0.15) is 11.5 Å². The predicted molar refractivity (Wildman–Crippen MR) is 126 cm³/mol. The van der Waals surface area contributed by atoms with Gasteiger partial charge in [-0.2, -0.15) is 0 Å². The highest BCUT2D eigenvalue weighted by molar-refractivity contribution is 6.18. The lowest BCUT2D eigenvalue weighted by Gasteiger charge is -2.15. The second-order valence-electron chi connectivity index (χ2n) is 8.18. The molecule has 160 valence electrons. The maximum atomic E-state index is 6.21. The molecule has 0 heterocycles. The van der Waals surface area contributed by atoms with E-state index in [4.69, 9.17) is 32.7 Å². The van der Waals surface area contributed by atoms with E-state index >= 15 is 0 Å². The molecule has 29 heavy (non-hydrogen) atoms. The summed E-state index contributed by atoms with van der Waals surface area (Å²) in [5.41, 5.74) is 4.13. The molecule has 2 rings (SSSR count). The fraction of sp³-hybridized carbons (Fsp3) is 0.520. The van der Waals surface area contributed by atoms with Gasteiger partial charge in [-0.3, -0.25) is 0 Å². The molecule has 0 aliphatic rings. The zero-order valence-electron chi connectivity index (χ0n) is 18.1. The van der Waals surface area contributed by atoms with E-state index in [0.29, 0.717) is 17.7 Å². The second kappa shape index (κ2) is 12.3. The molecule has 1 atom stereocenters. The van der Waals surface area contributed by atoms with Crippen molar-refractivity contribution in [3.8, 4) is 22.6 Å². The highest BCUT2D eigenvalue weighted by atomic mass is 35.5. The van der Waals surface area contributed by atoms with Gasteiger partial charge in [0.05, 0.1) is 19.6 Å². The van der Waals surface area contributed by atoms with E-state index in [2.05, 4.69) is 39.0 Å². The number of hydrogen-bond acceptors (Lipinski definition) is 2. The Labute approximate surface area is 186 Å². The first-order valence-corrected chi connectivity index (χ1v) is 11.6. The number of benzene rings is 2. The summed E-state index contributed by atoms with van der Waals surface area (Å²) in [4.78, 5) is 0. The summed E-state index contributed by atoms with van der Waals surface area (Å²) in [6.07, 6.45) is 4.99. The Morgan fingerprint density at radius 1 is 0.897 bits per heavy atom. The van der Waals surface area contributed by atoms with Crippen LogP contribution in [0.15, 0.2) is 36.4 Å². The molecule has 0 amide bonds. The van der Waals surface area contributed by atoms with Gasteiger partial charge in [-0.25, -0.2) is 0 Å². The summed E-state index contributed by atoms with van der Waals surface area (Å²) in [5, 5.41) is 0. The lowest BCUT2D eigenvalue weighted by molar-refractivity contribution is 0.276. The fourth-order valence-electron chi connectivity index (χ4n) is 3.48. The van der Waals surface area contributed by atoms with Gasteiger partial charge >= 0.3 is 0 Å². The van der Waals surface area contributed by atoms with Crippen LogP contribution in [0.2, 0.25) is 0 Å². The van der Waals surface area contributed by atoms with Crippen molar-refractivity contribution < 1.29 is 9.47 Å². The molecule has 0 saturated carbocycles. The molecule has 0 bridgehead atoms. The number of hydrogen-bond donors (Lipinski definition) is 0. The molecule has 0 spiro atoms. The largest absolute Gasteiger partial charge is 0.496 e. The predicted octanol–water partition coefficient (Wildman–Crippen LogP) is 8.07. The van der Waals surface area contributed by atoms with Crippen molar-refractivity contribution in [2.45, 2.75) is 58.2 Å². The highest BCUT2D eigenvalue weighted by Crippen LogP contribution is 2.35. The Bertz CT molecular complexity index is 741. The van der Waals surface area contributed by atoms with Crippen molar-refractivity contribution >= 4 is 23.2 Å². The average Bonchev–Trinajstić information content (AvgIpc) is 2.72. The minimum atomic E-state index is 0.383. The van der Waals surface area contributed by atoms with Crippen LogP contribution in [-0.2, 0) is 11.8 Å². The zero-order valence-corrected chi connectivity index (χ0v) is 19.7. The minimum Gasteiger partial charge on any atom is -0.496 e.